The number of benzene rings is 3. The van der Waals surface area contributed by atoms with Gasteiger partial charge in [0.25, 0.3) is 5.56 Å². The second-order valence-corrected chi connectivity index (χ2v) is 6.52. The van der Waals surface area contributed by atoms with E-state index in [0.29, 0.717) is 11.3 Å². The molecule has 4 rings (SSSR count). The van der Waals surface area contributed by atoms with Gasteiger partial charge in [-0.05, 0) is 40.1 Å². The Balaban J connectivity index is 1.98. The van der Waals surface area contributed by atoms with Crippen LogP contribution in [0.1, 0.15) is 11.1 Å². The first kappa shape index (κ1) is 18.5. The summed E-state index contributed by atoms with van der Waals surface area (Å²) in [5.41, 5.74) is -1.26. The number of nitriles is 1. The van der Waals surface area contributed by atoms with Gasteiger partial charge in [0, 0.05) is 11.3 Å². The molecule has 1 heterocycles. The van der Waals surface area contributed by atoms with Gasteiger partial charge in [-0.15, -0.1) is 0 Å². The van der Waals surface area contributed by atoms with Crippen LogP contribution in [0.2, 0.25) is 0 Å². The summed E-state index contributed by atoms with van der Waals surface area (Å²) in [4.78, 5) is 15.1. The summed E-state index contributed by atoms with van der Waals surface area (Å²) < 4.78 is 40.5. The molecule has 0 fully saturated rings. The fourth-order valence-corrected chi connectivity index (χ4v) is 3.36. The van der Waals surface area contributed by atoms with Crippen LogP contribution in [0, 0.1) is 11.3 Å². The van der Waals surface area contributed by atoms with Crippen molar-refractivity contribution >= 4 is 10.8 Å². The third-order valence-corrected chi connectivity index (χ3v) is 4.73. The SMILES string of the molecule is N#Cc1c(-c2ccccc2C(F)(F)F)cc(-c2ccc3ccccc3c2)[nH]c1=O. The summed E-state index contributed by atoms with van der Waals surface area (Å²) in [6.45, 7) is 0. The van der Waals surface area contributed by atoms with Gasteiger partial charge in [-0.3, -0.25) is 4.79 Å². The maximum Gasteiger partial charge on any atom is 0.417 e. The molecule has 4 aromatic rings. The summed E-state index contributed by atoms with van der Waals surface area (Å²) in [6, 6.07) is 21.2. The lowest BCUT2D eigenvalue weighted by atomic mass is 9.94. The van der Waals surface area contributed by atoms with Crippen molar-refractivity contribution in [2.24, 2.45) is 0 Å². The van der Waals surface area contributed by atoms with Crippen molar-refractivity contribution in [3.63, 3.8) is 0 Å². The molecule has 1 N–H and O–H groups in total. The van der Waals surface area contributed by atoms with Gasteiger partial charge >= 0.3 is 6.18 Å². The van der Waals surface area contributed by atoms with E-state index in [-0.39, 0.29) is 16.7 Å². The fourth-order valence-electron chi connectivity index (χ4n) is 3.36. The normalized spacial score (nSPS) is 11.4. The first-order valence-electron chi connectivity index (χ1n) is 8.71. The van der Waals surface area contributed by atoms with Crippen molar-refractivity contribution < 1.29 is 13.2 Å². The van der Waals surface area contributed by atoms with Crippen molar-refractivity contribution in [1.82, 2.24) is 4.98 Å². The monoisotopic (exact) mass is 390 g/mol. The molecule has 0 bridgehead atoms. The van der Waals surface area contributed by atoms with Crippen LogP contribution in [0.5, 0.6) is 0 Å². The van der Waals surface area contributed by atoms with Gasteiger partial charge in [-0.25, -0.2) is 0 Å². The Labute approximate surface area is 163 Å². The van der Waals surface area contributed by atoms with Crippen LogP contribution < -0.4 is 5.56 Å². The van der Waals surface area contributed by atoms with Gasteiger partial charge in [0.2, 0.25) is 0 Å². The average molecular weight is 390 g/mol. The molecule has 3 aromatic carbocycles. The van der Waals surface area contributed by atoms with Gasteiger partial charge in [-0.2, -0.15) is 18.4 Å². The maximum absolute atomic E-state index is 13.5. The van der Waals surface area contributed by atoms with Crippen LogP contribution in [-0.2, 0) is 6.18 Å². The molecule has 0 saturated heterocycles. The lowest BCUT2D eigenvalue weighted by Crippen LogP contribution is -2.14. The third-order valence-electron chi connectivity index (χ3n) is 4.73. The quantitative estimate of drug-likeness (QED) is 0.474. The molecule has 0 aliphatic rings. The number of aromatic nitrogens is 1. The number of alkyl halides is 3. The second-order valence-electron chi connectivity index (χ2n) is 6.52. The number of fused-ring (bicyclic) bond motifs is 1. The molecule has 0 radical (unpaired) electrons. The molecule has 142 valence electrons. The predicted octanol–water partition coefficient (Wildman–Crippen LogP) is 5.75. The summed E-state index contributed by atoms with van der Waals surface area (Å²) in [5, 5.41) is 11.3. The van der Waals surface area contributed by atoms with Crippen LogP contribution in [0.3, 0.4) is 0 Å². The molecule has 0 atom stereocenters. The number of H-pyrrole nitrogens is 1. The number of aromatic amines is 1. The Kier molecular flexibility index (Phi) is 4.44. The van der Waals surface area contributed by atoms with Crippen molar-refractivity contribution in [3.8, 4) is 28.5 Å². The lowest BCUT2D eigenvalue weighted by molar-refractivity contribution is -0.137. The highest BCUT2D eigenvalue weighted by Gasteiger charge is 2.34. The summed E-state index contributed by atoms with van der Waals surface area (Å²) >= 11 is 0. The number of hydrogen-bond acceptors (Lipinski definition) is 2. The van der Waals surface area contributed by atoms with E-state index in [9.17, 15) is 23.2 Å². The first-order valence-corrected chi connectivity index (χ1v) is 8.71. The highest BCUT2D eigenvalue weighted by atomic mass is 19.4. The zero-order chi connectivity index (χ0) is 20.6. The molecule has 6 heteroatoms. The van der Waals surface area contributed by atoms with Gasteiger partial charge in [0.1, 0.15) is 11.6 Å². The van der Waals surface area contributed by atoms with E-state index in [1.54, 1.807) is 12.1 Å². The fraction of sp³-hybridized carbons (Fsp3) is 0.0435. The van der Waals surface area contributed by atoms with E-state index >= 15 is 0 Å². The van der Waals surface area contributed by atoms with Gasteiger partial charge in [0.05, 0.1) is 5.56 Å². The molecule has 0 spiro atoms. The summed E-state index contributed by atoms with van der Waals surface area (Å²) in [7, 11) is 0. The number of rotatable bonds is 2. The molecule has 0 amide bonds. The van der Waals surface area contributed by atoms with Crippen molar-refractivity contribution in [2.45, 2.75) is 6.18 Å². The molecular formula is C23H13F3N2O. The molecule has 0 saturated carbocycles. The van der Waals surface area contributed by atoms with Crippen LogP contribution >= 0.6 is 0 Å². The number of pyridine rings is 1. The predicted molar refractivity (Wildman–Crippen MR) is 105 cm³/mol. The van der Waals surface area contributed by atoms with E-state index in [1.807, 2.05) is 36.4 Å². The average Bonchev–Trinajstić information content (AvgIpc) is 2.72. The van der Waals surface area contributed by atoms with Crippen LogP contribution in [-0.4, -0.2) is 4.98 Å². The van der Waals surface area contributed by atoms with E-state index in [1.165, 1.54) is 24.3 Å². The zero-order valence-corrected chi connectivity index (χ0v) is 14.9. The number of hydrogen-bond donors (Lipinski definition) is 1. The van der Waals surface area contributed by atoms with Crippen LogP contribution in [0.25, 0.3) is 33.2 Å². The van der Waals surface area contributed by atoms with Crippen molar-refractivity contribution in [3.05, 3.63) is 94.3 Å². The summed E-state index contributed by atoms with van der Waals surface area (Å²) in [6.07, 6.45) is -4.62. The Bertz CT molecular complexity index is 1330. The Hall–Kier alpha value is -3.85. The number of nitrogens with zero attached hydrogens (tertiary/aromatic N) is 1. The Morgan fingerprint density at radius 3 is 2.24 bits per heavy atom. The van der Waals surface area contributed by atoms with E-state index in [0.717, 1.165) is 16.8 Å². The molecule has 1 aromatic heterocycles. The van der Waals surface area contributed by atoms with E-state index in [2.05, 4.69) is 4.98 Å². The van der Waals surface area contributed by atoms with Gasteiger partial charge in [0.15, 0.2) is 0 Å². The van der Waals surface area contributed by atoms with Gasteiger partial charge in [-0.1, -0.05) is 54.6 Å². The van der Waals surface area contributed by atoms with Crippen LogP contribution in [0.4, 0.5) is 13.2 Å². The first-order chi connectivity index (χ1) is 13.9. The van der Waals surface area contributed by atoms with Crippen LogP contribution in [0.15, 0.2) is 77.6 Å². The molecule has 29 heavy (non-hydrogen) atoms. The van der Waals surface area contributed by atoms with E-state index < -0.39 is 17.3 Å². The highest BCUT2D eigenvalue weighted by molar-refractivity contribution is 5.87. The third kappa shape index (κ3) is 3.39. The minimum Gasteiger partial charge on any atom is -0.321 e. The summed E-state index contributed by atoms with van der Waals surface area (Å²) in [5.74, 6) is 0. The van der Waals surface area contributed by atoms with E-state index in [4.69, 9.17) is 0 Å². The Morgan fingerprint density at radius 1 is 0.828 bits per heavy atom. The molecule has 0 aliphatic carbocycles. The topological polar surface area (TPSA) is 56.6 Å². The highest BCUT2D eigenvalue weighted by Crippen LogP contribution is 2.38. The zero-order valence-electron chi connectivity index (χ0n) is 14.9. The number of nitrogens with one attached hydrogen (secondary N) is 1. The largest absolute Gasteiger partial charge is 0.417 e. The maximum atomic E-state index is 13.5. The van der Waals surface area contributed by atoms with Crippen molar-refractivity contribution in [2.75, 3.05) is 0 Å². The number of halogens is 3. The Morgan fingerprint density at radius 2 is 1.52 bits per heavy atom. The van der Waals surface area contributed by atoms with Crippen molar-refractivity contribution in [1.29, 1.82) is 5.26 Å². The smallest absolute Gasteiger partial charge is 0.321 e. The lowest BCUT2D eigenvalue weighted by Gasteiger charge is -2.14. The molecular weight excluding hydrogens is 377 g/mol. The second kappa shape index (κ2) is 6.95. The molecule has 0 aliphatic heterocycles. The molecule has 3 nitrogen and oxygen atoms in total. The van der Waals surface area contributed by atoms with Gasteiger partial charge < -0.3 is 4.98 Å². The standard InChI is InChI=1S/C23H13F3N2O/c24-23(25,26)20-8-4-3-7-17(20)18-12-21(28-22(29)19(18)13-27)16-10-9-14-5-1-2-6-15(14)11-16/h1-12H,(H,28,29). The minimum atomic E-state index is -4.62. The molecule has 0 unspecified atom stereocenters. The minimum absolute atomic E-state index is 0.0488.